The van der Waals surface area contributed by atoms with Gasteiger partial charge in [-0.25, -0.2) is 5.43 Å². The molecule has 3 aromatic rings. The highest BCUT2D eigenvalue weighted by atomic mass is 79.9. The zero-order chi connectivity index (χ0) is 18.5. The highest BCUT2D eigenvalue weighted by Crippen LogP contribution is 2.24. The lowest BCUT2D eigenvalue weighted by atomic mass is 10.2. The van der Waals surface area contributed by atoms with E-state index < -0.39 is 0 Å². The molecule has 0 aliphatic heterocycles. The monoisotopic (exact) mass is 497 g/mol. The van der Waals surface area contributed by atoms with E-state index >= 15 is 0 Å². The van der Waals surface area contributed by atoms with Crippen LogP contribution in [0.5, 0.6) is 0 Å². The zero-order valence-electron chi connectivity index (χ0n) is 13.5. The van der Waals surface area contributed by atoms with Gasteiger partial charge in [-0.2, -0.15) is 5.10 Å². The van der Waals surface area contributed by atoms with E-state index in [-0.39, 0.29) is 11.7 Å². The molecule has 0 saturated heterocycles. The van der Waals surface area contributed by atoms with Crippen LogP contribution in [0.3, 0.4) is 0 Å². The van der Waals surface area contributed by atoms with Crippen molar-refractivity contribution in [2.24, 2.45) is 12.1 Å². The molecule has 134 valence electrons. The lowest BCUT2D eigenvalue weighted by Gasteiger charge is -2.04. The molecule has 1 aromatic carbocycles. The Morgan fingerprint density at radius 1 is 1.35 bits per heavy atom. The minimum atomic E-state index is -0.246. The Kier molecular flexibility index (Phi) is 6.28. The third-order valence-corrected chi connectivity index (χ3v) is 5.16. The molecule has 1 N–H and O–H groups in total. The number of hydrogen-bond acceptors (Lipinski definition) is 6. The summed E-state index contributed by atoms with van der Waals surface area (Å²) in [4.78, 5) is 11.9. The van der Waals surface area contributed by atoms with E-state index in [0.717, 1.165) is 15.9 Å². The molecule has 0 unspecified atom stereocenters. The lowest BCUT2D eigenvalue weighted by molar-refractivity contribution is -0.118. The van der Waals surface area contributed by atoms with Crippen LogP contribution in [0.1, 0.15) is 5.76 Å². The normalized spacial score (nSPS) is 11.2. The Morgan fingerprint density at radius 3 is 2.92 bits per heavy atom. The van der Waals surface area contributed by atoms with Gasteiger partial charge in [-0.15, -0.1) is 10.2 Å². The van der Waals surface area contributed by atoms with Gasteiger partial charge in [0.25, 0.3) is 5.91 Å². The summed E-state index contributed by atoms with van der Waals surface area (Å²) in [5, 5.41) is 12.8. The standard InChI is InChI=1S/C16H13Br2N5O2S/c1-23-15(10-3-2-4-11(17)7-10)21-22-16(23)26-9-14(24)20-19-8-12-5-6-13(18)25-12/h2-8H,9H2,1H3,(H,20,24)/b19-8+. The van der Waals surface area contributed by atoms with Gasteiger partial charge < -0.3 is 8.98 Å². The van der Waals surface area contributed by atoms with Crippen LogP contribution in [0.15, 0.2) is 60.2 Å². The molecule has 0 radical (unpaired) electrons. The average molecular weight is 499 g/mol. The number of benzene rings is 1. The molecule has 2 heterocycles. The summed E-state index contributed by atoms with van der Waals surface area (Å²) in [6, 6.07) is 11.3. The first-order valence-electron chi connectivity index (χ1n) is 7.38. The van der Waals surface area contributed by atoms with Crippen molar-refractivity contribution in [2.75, 3.05) is 5.75 Å². The molecule has 0 saturated carbocycles. The molecule has 3 rings (SSSR count). The topological polar surface area (TPSA) is 85.3 Å². The number of furan rings is 1. The summed E-state index contributed by atoms with van der Waals surface area (Å²) in [7, 11) is 1.86. The first-order chi connectivity index (χ1) is 12.5. The number of amides is 1. The maximum absolute atomic E-state index is 11.9. The smallest absolute Gasteiger partial charge is 0.250 e. The fraction of sp³-hybridized carbons (Fsp3) is 0.125. The van der Waals surface area contributed by atoms with Crippen molar-refractivity contribution in [3.05, 3.63) is 51.3 Å². The number of rotatable bonds is 6. The van der Waals surface area contributed by atoms with Crippen molar-refractivity contribution >= 4 is 55.7 Å². The van der Waals surface area contributed by atoms with Gasteiger partial charge in [0.15, 0.2) is 15.7 Å². The molecular weight excluding hydrogens is 486 g/mol. The van der Waals surface area contributed by atoms with Gasteiger partial charge in [-0.1, -0.05) is 39.8 Å². The van der Waals surface area contributed by atoms with Crippen LogP contribution in [0.25, 0.3) is 11.4 Å². The SMILES string of the molecule is Cn1c(SCC(=O)N/N=C/c2ccc(Br)o2)nnc1-c1cccc(Br)c1. The van der Waals surface area contributed by atoms with Gasteiger partial charge in [-0.3, -0.25) is 4.79 Å². The Morgan fingerprint density at radius 2 is 2.19 bits per heavy atom. The number of carbonyl (C=O) groups excluding carboxylic acids is 1. The number of nitrogens with one attached hydrogen (secondary N) is 1. The van der Waals surface area contributed by atoms with E-state index in [1.165, 1.54) is 18.0 Å². The van der Waals surface area contributed by atoms with E-state index in [4.69, 9.17) is 4.42 Å². The van der Waals surface area contributed by atoms with Crippen LogP contribution in [0.4, 0.5) is 0 Å². The molecule has 26 heavy (non-hydrogen) atoms. The molecule has 1 amide bonds. The van der Waals surface area contributed by atoms with Crippen LogP contribution < -0.4 is 5.43 Å². The number of thioether (sulfide) groups is 1. The predicted molar refractivity (Wildman–Crippen MR) is 107 cm³/mol. The van der Waals surface area contributed by atoms with Gasteiger partial charge in [0.1, 0.15) is 5.76 Å². The molecule has 0 bridgehead atoms. The van der Waals surface area contributed by atoms with Crippen LogP contribution in [-0.4, -0.2) is 32.6 Å². The maximum atomic E-state index is 11.9. The Labute approximate surface area is 170 Å². The summed E-state index contributed by atoms with van der Waals surface area (Å²) in [5.41, 5.74) is 3.39. The fourth-order valence-corrected chi connectivity index (χ4v) is 3.47. The molecule has 0 spiro atoms. The number of hydrogen-bond donors (Lipinski definition) is 1. The summed E-state index contributed by atoms with van der Waals surface area (Å²) in [6.07, 6.45) is 1.43. The van der Waals surface area contributed by atoms with Crippen molar-refractivity contribution in [3.8, 4) is 11.4 Å². The molecule has 0 aliphatic carbocycles. The molecule has 7 nitrogen and oxygen atoms in total. The first kappa shape index (κ1) is 18.9. The number of carbonyl (C=O) groups is 1. The van der Waals surface area contributed by atoms with Gasteiger partial charge >= 0.3 is 0 Å². The van der Waals surface area contributed by atoms with E-state index in [9.17, 15) is 4.79 Å². The second kappa shape index (κ2) is 8.65. The second-order valence-corrected chi connectivity index (χ2v) is 7.74. The first-order valence-corrected chi connectivity index (χ1v) is 9.95. The molecule has 0 aliphatic rings. The minimum absolute atomic E-state index is 0.170. The summed E-state index contributed by atoms with van der Waals surface area (Å²) in [5.74, 6) is 1.19. The Balaban J connectivity index is 1.56. The third kappa shape index (κ3) is 4.83. The van der Waals surface area contributed by atoms with Crippen molar-refractivity contribution < 1.29 is 9.21 Å². The highest BCUT2D eigenvalue weighted by molar-refractivity contribution is 9.10. The zero-order valence-corrected chi connectivity index (χ0v) is 17.5. The third-order valence-electron chi connectivity index (χ3n) is 3.23. The van der Waals surface area contributed by atoms with E-state index in [2.05, 4.69) is 52.6 Å². The van der Waals surface area contributed by atoms with E-state index in [1.54, 1.807) is 12.1 Å². The van der Waals surface area contributed by atoms with Gasteiger partial charge in [0, 0.05) is 17.1 Å². The quantitative estimate of drug-likeness (QED) is 0.317. The molecule has 10 heteroatoms. The predicted octanol–water partition coefficient (Wildman–Crippen LogP) is 3.84. The summed E-state index contributed by atoms with van der Waals surface area (Å²) < 4.78 is 8.67. The molecule has 2 aromatic heterocycles. The average Bonchev–Trinajstić information content (AvgIpc) is 3.19. The highest BCUT2D eigenvalue weighted by Gasteiger charge is 2.13. The molecule has 0 fully saturated rings. The van der Waals surface area contributed by atoms with Crippen molar-refractivity contribution in [2.45, 2.75) is 5.16 Å². The van der Waals surface area contributed by atoms with E-state index in [0.29, 0.717) is 15.6 Å². The van der Waals surface area contributed by atoms with Crippen molar-refractivity contribution in [3.63, 3.8) is 0 Å². The van der Waals surface area contributed by atoms with Crippen molar-refractivity contribution in [1.29, 1.82) is 0 Å². The number of aromatic nitrogens is 3. The summed E-state index contributed by atoms with van der Waals surface area (Å²) in [6.45, 7) is 0. The fourth-order valence-electron chi connectivity index (χ4n) is 2.05. The van der Waals surface area contributed by atoms with Crippen LogP contribution in [-0.2, 0) is 11.8 Å². The van der Waals surface area contributed by atoms with Gasteiger partial charge in [0.2, 0.25) is 0 Å². The molecule has 0 atom stereocenters. The lowest BCUT2D eigenvalue weighted by Crippen LogP contribution is -2.19. The molecular formula is C16H13Br2N5O2S. The second-order valence-electron chi connectivity index (χ2n) is 5.10. The van der Waals surface area contributed by atoms with Crippen molar-refractivity contribution in [1.82, 2.24) is 20.2 Å². The number of nitrogens with zero attached hydrogens (tertiary/aromatic N) is 4. The summed E-state index contributed by atoms with van der Waals surface area (Å²) >= 11 is 7.93. The number of hydrazone groups is 1. The number of halogens is 2. The Bertz CT molecular complexity index is 954. The van der Waals surface area contributed by atoms with Gasteiger partial charge in [-0.05, 0) is 40.2 Å². The minimum Gasteiger partial charge on any atom is -0.448 e. The largest absolute Gasteiger partial charge is 0.448 e. The van der Waals surface area contributed by atoms with Crippen LogP contribution >= 0.6 is 43.6 Å². The van der Waals surface area contributed by atoms with Gasteiger partial charge in [0.05, 0.1) is 12.0 Å². The van der Waals surface area contributed by atoms with Crippen LogP contribution in [0, 0.1) is 0 Å². The maximum Gasteiger partial charge on any atom is 0.250 e. The van der Waals surface area contributed by atoms with Crippen LogP contribution in [0.2, 0.25) is 0 Å². The van der Waals surface area contributed by atoms with E-state index in [1.807, 2.05) is 35.9 Å². The Hall–Kier alpha value is -1.91.